The summed E-state index contributed by atoms with van der Waals surface area (Å²) in [7, 11) is 1.99. The average Bonchev–Trinajstić information content (AvgIpc) is 2.70. The number of carbonyl (C=O) groups excluding carboxylic acids is 1. The molecule has 1 N–H and O–H groups in total. The molecule has 1 aliphatic heterocycles. The monoisotopic (exact) mass is 234 g/mol. The summed E-state index contributed by atoms with van der Waals surface area (Å²) in [6.45, 7) is 12.4. The van der Waals surface area contributed by atoms with Crippen LogP contribution in [0.3, 0.4) is 0 Å². The molecule has 1 amide bonds. The van der Waals surface area contributed by atoms with Crippen LogP contribution < -0.4 is 5.32 Å². The minimum Gasteiger partial charge on any atom is -0.324 e. The van der Waals surface area contributed by atoms with E-state index < -0.39 is 0 Å². The second-order valence-corrected chi connectivity index (χ2v) is 4.67. The molecule has 3 heteroatoms. The van der Waals surface area contributed by atoms with Gasteiger partial charge in [-0.1, -0.05) is 19.2 Å². The van der Waals surface area contributed by atoms with Gasteiger partial charge in [0.1, 0.15) is 0 Å². The first kappa shape index (κ1) is 13.7. The van der Waals surface area contributed by atoms with Crippen LogP contribution in [0.1, 0.15) is 26.7 Å². The summed E-state index contributed by atoms with van der Waals surface area (Å²) < 4.78 is 0. The number of allylic oxidation sites excluding steroid dienone is 3. The average molecular weight is 234 g/mol. The van der Waals surface area contributed by atoms with Crippen molar-refractivity contribution in [3.8, 4) is 0 Å². The third-order valence-electron chi connectivity index (χ3n) is 3.20. The first-order valence-electron chi connectivity index (χ1n) is 5.97. The molecule has 0 saturated carbocycles. The summed E-state index contributed by atoms with van der Waals surface area (Å²) in [5.74, 6) is 0.0594. The van der Waals surface area contributed by atoms with E-state index in [2.05, 4.69) is 23.4 Å². The number of nitrogens with one attached hydrogen (secondary N) is 1. The predicted octanol–water partition coefficient (Wildman–Crippen LogP) is 2.23. The fourth-order valence-corrected chi connectivity index (χ4v) is 2.09. The van der Waals surface area contributed by atoms with E-state index in [0.717, 1.165) is 36.2 Å². The van der Waals surface area contributed by atoms with E-state index in [9.17, 15) is 4.79 Å². The van der Waals surface area contributed by atoms with Gasteiger partial charge in [-0.2, -0.15) is 0 Å². The normalized spacial score (nSPS) is 21.9. The molecule has 3 nitrogen and oxygen atoms in total. The molecule has 0 spiro atoms. The Labute approximate surface area is 104 Å². The number of nitrogens with zero attached hydrogens (tertiary/aromatic N) is 1. The van der Waals surface area contributed by atoms with Gasteiger partial charge in [-0.05, 0) is 51.4 Å². The topological polar surface area (TPSA) is 32.3 Å². The summed E-state index contributed by atoms with van der Waals surface area (Å²) in [4.78, 5) is 14.2. The van der Waals surface area contributed by atoms with Gasteiger partial charge >= 0.3 is 0 Å². The van der Waals surface area contributed by atoms with Crippen LogP contribution in [0.15, 0.2) is 36.1 Å². The van der Waals surface area contributed by atoms with Crippen molar-refractivity contribution in [1.29, 1.82) is 0 Å². The largest absolute Gasteiger partial charge is 0.324 e. The molecule has 0 radical (unpaired) electrons. The maximum Gasteiger partial charge on any atom is 0.241 e. The van der Waals surface area contributed by atoms with E-state index in [1.807, 2.05) is 20.9 Å². The molecule has 1 atom stereocenters. The van der Waals surface area contributed by atoms with Crippen molar-refractivity contribution in [2.24, 2.45) is 0 Å². The van der Waals surface area contributed by atoms with Crippen molar-refractivity contribution < 1.29 is 4.79 Å². The lowest BCUT2D eigenvalue weighted by Crippen LogP contribution is -2.41. The van der Waals surface area contributed by atoms with E-state index in [4.69, 9.17) is 0 Å². The highest BCUT2D eigenvalue weighted by Crippen LogP contribution is 2.17. The van der Waals surface area contributed by atoms with Gasteiger partial charge < -0.3 is 5.32 Å². The summed E-state index contributed by atoms with van der Waals surface area (Å²) in [5, 5.41) is 2.97. The smallest absolute Gasteiger partial charge is 0.241 e. The third-order valence-corrected chi connectivity index (χ3v) is 3.20. The molecule has 17 heavy (non-hydrogen) atoms. The van der Waals surface area contributed by atoms with Crippen molar-refractivity contribution in [2.45, 2.75) is 32.7 Å². The molecule has 1 heterocycles. The van der Waals surface area contributed by atoms with Gasteiger partial charge in [0.15, 0.2) is 0 Å². The van der Waals surface area contributed by atoms with E-state index in [-0.39, 0.29) is 11.9 Å². The Morgan fingerprint density at radius 2 is 2.12 bits per heavy atom. The molecule has 1 fully saturated rings. The summed E-state index contributed by atoms with van der Waals surface area (Å²) in [6, 6.07) is -0.0121. The van der Waals surface area contributed by atoms with Gasteiger partial charge in [-0.25, -0.2) is 0 Å². The first-order chi connectivity index (χ1) is 7.97. The van der Waals surface area contributed by atoms with Crippen LogP contribution in [0.4, 0.5) is 0 Å². The fraction of sp³-hybridized carbons (Fsp3) is 0.500. The molecule has 0 aromatic heterocycles. The van der Waals surface area contributed by atoms with Gasteiger partial charge in [0.05, 0.1) is 6.04 Å². The Kier molecular flexibility index (Phi) is 4.70. The van der Waals surface area contributed by atoms with Gasteiger partial charge in [-0.3, -0.25) is 9.69 Å². The van der Waals surface area contributed by atoms with Crippen LogP contribution in [0, 0.1) is 0 Å². The SMILES string of the molecule is C=C/C(C)=C(/NC(=O)C1CCCN1C)C(=C)C. The molecule has 1 unspecified atom stereocenters. The predicted molar refractivity (Wildman–Crippen MR) is 71.5 cm³/mol. The molecular formula is C14H22N2O. The molecule has 0 bridgehead atoms. The highest BCUT2D eigenvalue weighted by atomic mass is 16.2. The quantitative estimate of drug-likeness (QED) is 0.757. The summed E-state index contributed by atoms with van der Waals surface area (Å²) in [6.07, 6.45) is 3.75. The number of amides is 1. The molecule has 0 aliphatic carbocycles. The molecule has 1 aliphatic rings. The zero-order chi connectivity index (χ0) is 13.0. The minimum absolute atomic E-state index is 0.0121. The number of carbonyl (C=O) groups is 1. The van der Waals surface area contributed by atoms with Gasteiger partial charge in [0, 0.05) is 5.70 Å². The van der Waals surface area contributed by atoms with Crippen molar-refractivity contribution in [3.05, 3.63) is 36.1 Å². The molecule has 0 aromatic carbocycles. The van der Waals surface area contributed by atoms with Crippen LogP contribution in [0.25, 0.3) is 0 Å². The third kappa shape index (κ3) is 3.30. The van der Waals surface area contributed by atoms with Gasteiger partial charge in [0.2, 0.25) is 5.91 Å². The molecule has 1 rings (SSSR count). The van der Waals surface area contributed by atoms with Crippen LogP contribution in [0.2, 0.25) is 0 Å². The number of likely N-dealkylation sites (N-methyl/N-ethyl adjacent to an activating group) is 1. The molecule has 0 aromatic rings. The second-order valence-electron chi connectivity index (χ2n) is 4.67. The lowest BCUT2D eigenvalue weighted by atomic mass is 10.1. The van der Waals surface area contributed by atoms with Crippen molar-refractivity contribution in [1.82, 2.24) is 10.2 Å². The van der Waals surface area contributed by atoms with Crippen LogP contribution >= 0.6 is 0 Å². The van der Waals surface area contributed by atoms with Crippen molar-refractivity contribution in [2.75, 3.05) is 13.6 Å². The Bertz CT molecular complexity index is 368. The zero-order valence-corrected chi connectivity index (χ0v) is 11.0. The second kappa shape index (κ2) is 5.82. The number of hydrogen-bond donors (Lipinski definition) is 1. The van der Waals surface area contributed by atoms with Crippen LogP contribution in [0.5, 0.6) is 0 Å². The maximum absolute atomic E-state index is 12.1. The summed E-state index contributed by atoms with van der Waals surface area (Å²) in [5.41, 5.74) is 2.60. The number of likely N-dealkylation sites (tertiary alicyclic amines) is 1. The van der Waals surface area contributed by atoms with E-state index in [1.165, 1.54) is 0 Å². The van der Waals surface area contributed by atoms with E-state index in [0.29, 0.717) is 0 Å². The zero-order valence-electron chi connectivity index (χ0n) is 11.0. The Morgan fingerprint density at radius 1 is 1.47 bits per heavy atom. The van der Waals surface area contributed by atoms with E-state index in [1.54, 1.807) is 6.08 Å². The number of hydrogen-bond acceptors (Lipinski definition) is 2. The van der Waals surface area contributed by atoms with Gasteiger partial charge in [0.25, 0.3) is 0 Å². The minimum atomic E-state index is -0.0121. The number of rotatable bonds is 4. The Morgan fingerprint density at radius 3 is 2.53 bits per heavy atom. The molecule has 1 saturated heterocycles. The van der Waals surface area contributed by atoms with Crippen LogP contribution in [-0.2, 0) is 4.79 Å². The Balaban J connectivity index is 2.78. The lowest BCUT2D eigenvalue weighted by Gasteiger charge is -2.20. The van der Waals surface area contributed by atoms with Crippen LogP contribution in [-0.4, -0.2) is 30.4 Å². The van der Waals surface area contributed by atoms with Crippen molar-refractivity contribution >= 4 is 5.91 Å². The van der Waals surface area contributed by atoms with Gasteiger partial charge in [-0.15, -0.1) is 0 Å². The standard InChI is InChI=1S/C14H22N2O/c1-6-11(4)13(10(2)3)15-14(17)12-8-7-9-16(12)5/h6,12H,1-2,7-9H2,3-5H3,(H,15,17)/b13-11+. The highest BCUT2D eigenvalue weighted by molar-refractivity contribution is 5.84. The Hall–Kier alpha value is -1.35. The lowest BCUT2D eigenvalue weighted by molar-refractivity contribution is -0.124. The van der Waals surface area contributed by atoms with Crippen molar-refractivity contribution in [3.63, 3.8) is 0 Å². The molecule has 94 valence electrons. The van der Waals surface area contributed by atoms with E-state index >= 15 is 0 Å². The summed E-state index contributed by atoms with van der Waals surface area (Å²) >= 11 is 0. The maximum atomic E-state index is 12.1. The molecular weight excluding hydrogens is 212 g/mol. The highest BCUT2D eigenvalue weighted by Gasteiger charge is 2.28. The first-order valence-corrected chi connectivity index (χ1v) is 5.97. The fourth-order valence-electron chi connectivity index (χ4n) is 2.09.